The molecule has 2 aromatic rings. The van der Waals surface area contributed by atoms with E-state index in [9.17, 15) is 13.6 Å². The van der Waals surface area contributed by atoms with Crippen molar-refractivity contribution in [3.63, 3.8) is 0 Å². The van der Waals surface area contributed by atoms with Crippen LogP contribution in [0.25, 0.3) is 0 Å². The van der Waals surface area contributed by atoms with Crippen molar-refractivity contribution in [2.45, 2.75) is 0 Å². The average molecular weight is 355 g/mol. The fraction of sp³-hybridized carbons (Fsp3) is 0.250. The van der Waals surface area contributed by atoms with Gasteiger partial charge in [-0.15, -0.1) is 12.4 Å². The van der Waals surface area contributed by atoms with Gasteiger partial charge in [-0.2, -0.15) is 0 Å². The molecule has 1 aliphatic heterocycles. The lowest BCUT2D eigenvalue weighted by molar-refractivity contribution is 0.101. The van der Waals surface area contributed by atoms with Gasteiger partial charge in [0.25, 0.3) is 5.91 Å². The van der Waals surface area contributed by atoms with Crippen molar-refractivity contribution in [3.05, 3.63) is 53.7 Å². The number of nitrogens with one attached hydrogen (secondary N) is 2. The van der Waals surface area contributed by atoms with Gasteiger partial charge < -0.3 is 15.5 Å². The predicted molar refractivity (Wildman–Crippen MR) is 90.9 cm³/mol. The van der Waals surface area contributed by atoms with Gasteiger partial charge in [0.1, 0.15) is 23.0 Å². The highest BCUT2D eigenvalue weighted by molar-refractivity contribution is 6.04. The molecule has 0 aliphatic carbocycles. The number of amides is 1. The van der Waals surface area contributed by atoms with Gasteiger partial charge in [-0.05, 0) is 24.3 Å². The highest BCUT2D eigenvalue weighted by Gasteiger charge is 2.17. The molecule has 1 aromatic carbocycles. The Balaban J connectivity index is 0.00000208. The van der Waals surface area contributed by atoms with Crippen LogP contribution >= 0.6 is 12.4 Å². The number of pyridine rings is 1. The first-order valence-corrected chi connectivity index (χ1v) is 7.32. The lowest BCUT2D eigenvalue weighted by Gasteiger charge is -2.29. The maximum absolute atomic E-state index is 13.6. The Morgan fingerprint density at radius 3 is 2.38 bits per heavy atom. The molecule has 1 aromatic heterocycles. The molecule has 2 N–H and O–H groups in total. The Labute approximate surface area is 144 Å². The SMILES string of the molecule is Cl.O=C(Nc1ccc(N2CCNCC2)cn1)c1c(F)cccc1F. The molecular formula is C16H17ClF2N4O. The number of benzene rings is 1. The zero-order valence-electron chi connectivity index (χ0n) is 12.8. The highest BCUT2D eigenvalue weighted by atomic mass is 35.5. The Morgan fingerprint density at radius 1 is 1.12 bits per heavy atom. The maximum Gasteiger partial charge on any atom is 0.262 e. The summed E-state index contributed by atoms with van der Waals surface area (Å²) in [6.07, 6.45) is 1.64. The first kappa shape index (κ1) is 18.1. The van der Waals surface area contributed by atoms with Gasteiger partial charge in [-0.25, -0.2) is 13.8 Å². The molecule has 128 valence electrons. The third-order valence-electron chi connectivity index (χ3n) is 3.66. The van der Waals surface area contributed by atoms with E-state index in [0.29, 0.717) is 0 Å². The van der Waals surface area contributed by atoms with Crippen molar-refractivity contribution in [2.75, 3.05) is 36.4 Å². The van der Waals surface area contributed by atoms with Crippen LogP contribution in [0.1, 0.15) is 10.4 Å². The monoisotopic (exact) mass is 354 g/mol. The minimum Gasteiger partial charge on any atom is -0.368 e. The van der Waals surface area contributed by atoms with Crippen LogP contribution in [-0.4, -0.2) is 37.1 Å². The second kappa shape index (κ2) is 8.03. The molecule has 0 unspecified atom stereocenters. The van der Waals surface area contributed by atoms with Gasteiger partial charge in [0.15, 0.2) is 0 Å². The number of carbonyl (C=O) groups is 1. The minimum atomic E-state index is -0.903. The molecule has 5 nitrogen and oxygen atoms in total. The molecule has 8 heteroatoms. The van der Waals surface area contributed by atoms with Gasteiger partial charge in [-0.3, -0.25) is 4.79 Å². The number of hydrogen-bond acceptors (Lipinski definition) is 4. The summed E-state index contributed by atoms with van der Waals surface area (Å²) in [5.74, 6) is -2.42. The van der Waals surface area contributed by atoms with Crippen LogP contribution in [0.3, 0.4) is 0 Å². The summed E-state index contributed by atoms with van der Waals surface area (Å²) < 4.78 is 27.2. The molecule has 24 heavy (non-hydrogen) atoms. The number of carbonyl (C=O) groups excluding carboxylic acids is 1. The van der Waals surface area contributed by atoms with Crippen LogP contribution in [0.2, 0.25) is 0 Å². The minimum absolute atomic E-state index is 0. The highest BCUT2D eigenvalue weighted by Crippen LogP contribution is 2.17. The first-order valence-electron chi connectivity index (χ1n) is 7.32. The number of rotatable bonds is 3. The Kier molecular flexibility index (Phi) is 6.05. The Morgan fingerprint density at radius 2 is 1.79 bits per heavy atom. The van der Waals surface area contributed by atoms with Crippen molar-refractivity contribution >= 4 is 29.8 Å². The molecule has 0 spiro atoms. The Bertz CT molecular complexity index is 685. The third-order valence-corrected chi connectivity index (χ3v) is 3.66. The van der Waals surface area contributed by atoms with E-state index in [1.54, 1.807) is 12.3 Å². The van der Waals surface area contributed by atoms with Gasteiger partial charge in [-0.1, -0.05) is 6.07 Å². The van der Waals surface area contributed by atoms with E-state index in [4.69, 9.17) is 0 Å². The predicted octanol–water partition coefficient (Wildman–Crippen LogP) is 2.44. The number of hydrogen-bond donors (Lipinski definition) is 2. The molecular weight excluding hydrogens is 338 g/mol. The molecule has 1 fully saturated rings. The zero-order valence-corrected chi connectivity index (χ0v) is 13.6. The van der Waals surface area contributed by atoms with Crippen LogP contribution in [0, 0.1) is 11.6 Å². The van der Waals surface area contributed by atoms with Gasteiger partial charge >= 0.3 is 0 Å². The second-order valence-corrected chi connectivity index (χ2v) is 5.19. The fourth-order valence-electron chi connectivity index (χ4n) is 2.46. The number of aromatic nitrogens is 1. The van der Waals surface area contributed by atoms with Crippen LogP contribution in [0.15, 0.2) is 36.5 Å². The van der Waals surface area contributed by atoms with E-state index in [0.717, 1.165) is 44.0 Å². The summed E-state index contributed by atoms with van der Waals surface area (Å²) in [6.45, 7) is 3.58. The van der Waals surface area contributed by atoms with E-state index in [1.807, 2.05) is 6.07 Å². The smallest absolute Gasteiger partial charge is 0.262 e. The first-order chi connectivity index (χ1) is 11.1. The van der Waals surface area contributed by atoms with Crippen LogP contribution < -0.4 is 15.5 Å². The molecule has 1 aliphatic rings. The quantitative estimate of drug-likeness (QED) is 0.889. The van der Waals surface area contributed by atoms with Crippen molar-refractivity contribution in [1.29, 1.82) is 0 Å². The van der Waals surface area contributed by atoms with Crippen LogP contribution in [0.5, 0.6) is 0 Å². The lowest BCUT2D eigenvalue weighted by atomic mass is 10.2. The molecule has 0 radical (unpaired) electrons. The number of anilines is 2. The largest absolute Gasteiger partial charge is 0.368 e. The van der Waals surface area contributed by atoms with Crippen LogP contribution in [-0.2, 0) is 0 Å². The topological polar surface area (TPSA) is 57.3 Å². The summed E-state index contributed by atoms with van der Waals surface area (Å²) in [4.78, 5) is 18.3. The Hall–Kier alpha value is -2.25. The third kappa shape index (κ3) is 3.98. The second-order valence-electron chi connectivity index (χ2n) is 5.19. The van der Waals surface area contributed by atoms with Crippen LogP contribution in [0.4, 0.5) is 20.3 Å². The zero-order chi connectivity index (χ0) is 16.2. The van der Waals surface area contributed by atoms with E-state index < -0.39 is 23.1 Å². The molecule has 1 amide bonds. The number of piperazine rings is 1. The summed E-state index contributed by atoms with van der Waals surface area (Å²) in [5, 5.41) is 5.67. The molecule has 0 saturated carbocycles. The molecule has 2 heterocycles. The van der Waals surface area contributed by atoms with Crippen molar-refractivity contribution < 1.29 is 13.6 Å². The molecule has 0 atom stereocenters. The van der Waals surface area contributed by atoms with E-state index in [2.05, 4.69) is 20.5 Å². The van der Waals surface area contributed by atoms with E-state index in [-0.39, 0.29) is 18.2 Å². The maximum atomic E-state index is 13.6. The summed E-state index contributed by atoms with van der Waals surface area (Å²) in [6, 6.07) is 6.74. The average Bonchev–Trinajstić information content (AvgIpc) is 2.56. The molecule has 0 bridgehead atoms. The number of nitrogens with zero attached hydrogens (tertiary/aromatic N) is 2. The number of halogens is 3. The van der Waals surface area contributed by atoms with E-state index in [1.165, 1.54) is 6.07 Å². The van der Waals surface area contributed by atoms with Crippen molar-refractivity contribution in [2.24, 2.45) is 0 Å². The molecule has 3 rings (SSSR count). The van der Waals surface area contributed by atoms with Gasteiger partial charge in [0.2, 0.25) is 0 Å². The van der Waals surface area contributed by atoms with E-state index >= 15 is 0 Å². The van der Waals surface area contributed by atoms with Gasteiger partial charge in [0.05, 0.1) is 11.9 Å². The fourth-order valence-corrected chi connectivity index (χ4v) is 2.46. The standard InChI is InChI=1S/C16H16F2N4O.ClH/c17-12-2-1-3-13(18)15(12)16(23)21-14-5-4-11(10-20-14)22-8-6-19-7-9-22;/h1-5,10,19H,6-9H2,(H,20,21,23);1H. The summed E-state index contributed by atoms with van der Waals surface area (Å²) in [5.41, 5.74) is 0.335. The van der Waals surface area contributed by atoms with Crippen molar-refractivity contribution in [3.8, 4) is 0 Å². The lowest BCUT2D eigenvalue weighted by Crippen LogP contribution is -2.43. The summed E-state index contributed by atoms with van der Waals surface area (Å²) in [7, 11) is 0. The normalized spacial score (nSPS) is 14.0. The molecule has 1 saturated heterocycles. The van der Waals surface area contributed by atoms with Gasteiger partial charge in [0, 0.05) is 26.2 Å². The van der Waals surface area contributed by atoms with Crippen molar-refractivity contribution in [1.82, 2.24) is 10.3 Å². The summed E-state index contributed by atoms with van der Waals surface area (Å²) >= 11 is 0.